The highest BCUT2D eigenvalue weighted by Crippen LogP contribution is 2.50. The van der Waals surface area contributed by atoms with Crippen LogP contribution in [0, 0.1) is 0 Å². The maximum absolute atomic E-state index is 12.9. The van der Waals surface area contributed by atoms with Gasteiger partial charge in [0.1, 0.15) is 0 Å². The second-order valence-corrected chi connectivity index (χ2v) is 8.80. The third kappa shape index (κ3) is 3.55. The predicted molar refractivity (Wildman–Crippen MR) is 142 cm³/mol. The van der Waals surface area contributed by atoms with Gasteiger partial charge in [0, 0.05) is 0 Å². The third-order valence-electron chi connectivity index (χ3n) is 6.86. The van der Waals surface area contributed by atoms with E-state index in [-0.39, 0.29) is 5.97 Å². The number of rotatable bonds is 4. The summed E-state index contributed by atoms with van der Waals surface area (Å²) in [7, 11) is 1.44. The molecule has 0 bridgehead atoms. The molecule has 0 unspecified atom stereocenters. The van der Waals surface area contributed by atoms with E-state index in [1.165, 1.54) is 29.4 Å². The highest BCUT2D eigenvalue weighted by Gasteiger charge is 2.29. The van der Waals surface area contributed by atoms with Gasteiger partial charge in [0.2, 0.25) is 0 Å². The summed E-state index contributed by atoms with van der Waals surface area (Å²) in [5, 5.41) is 0. The van der Waals surface area contributed by atoms with Crippen molar-refractivity contribution in [1.82, 2.24) is 0 Å². The van der Waals surface area contributed by atoms with Crippen molar-refractivity contribution < 1.29 is 9.53 Å². The van der Waals surface area contributed by atoms with E-state index < -0.39 is 0 Å². The largest absolute Gasteiger partial charge is 0.465 e. The van der Waals surface area contributed by atoms with Crippen LogP contribution in [0.1, 0.15) is 21.5 Å². The summed E-state index contributed by atoms with van der Waals surface area (Å²) in [6.07, 6.45) is 0.825. The van der Waals surface area contributed by atoms with Gasteiger partial charge in [-0.2, -0.15) is 0 Å². The average Bonchev–Trinajstić information content (AvgIpc) is 3.31. The Kier molecular flexibility index (Phi) is 5.27. The number of benzene rings is 5. The van der Waals surface area contributed by atoms with Crippen LogP contribution in [0.15, 0.2) is 115 Å². The van der Waals surface area contributed by atoms with E-state index in [2.05, 4.69) is 78.9 Å². The Morgan fingerprint density at radius 2 is 1.20 bits per heavy atom. The first-order valence-corrected chi connectivity index (χ1v) is 11.8. The Morgan fingerprint density at radius 1 is 0.600 bits per heavy atom. The van der Waals surface area contributed by atoms with Gasteiger partial charge >= 0.3 is 5.97 Å². The zero-order chi connectivity index (χ0) is 23.8. The fourth-order valence-corrected chi connectivity index (χ4v) is 5.31. The molecule has 0 atom stereocenters. The maximum atomic E-state index is 12.9. The molecule has 1 aliphatic carbocycles. The van der Waals surface area contributed by atoms with E-state index in [0.717, 1.165) is 39.8 Å². The van der Waals surface area contributed by atoms with Crippen LogP contribution in [0.4, 0.5) is 0 Å². The van der Waals surface area contributed by atoms with E-state index in [1.807, 2.05) is 36.4 Å². The zero-order valence-electron chi connectivity index (χ0n) is 19.5. The molecule has 0 amide bonds. The van der Waals surface area contributed by atoms with E-state index in [0.29, 0.717) is 5.56 Å². The van der Waals surface area contributed by atoms with Crippen molar-refractivity contribution >= 4 is 5.97 Å². The molecule has 35 heavy (non-hydrogen) atoms. The number of esters is 1. The van der Waals surface area contributed by atoms with Crippen LogP contribution in [-0.4, -0.2) is 13.1 Å². The molecular weight excluding hydrogens is 428 g/mol. The minimum atomic E-state index is -0.325. The lowest BCUT2D eigenvalue weighted by Gasteiger charge is -2.22. The third-order valence-corrected chi connectivity index (χ3v) is 6.86. The smallest absolute Gasteiger partial charge is 0.338 e. The molecule has 1 aliphatic rings. The molecule has 0 N–H and O–H groups in total. The minimum absolute atomic E-state index is 0.325. The lowest BCUT2D eigenvalue weighted by molar-refractivity contribution is 0.0601. The first-order valence-electron chi connectivity index (χ1n) is 11.8. The minimum Gasteiger partial charge on any atom is -0.465 e. The summed E-state index contributed by atoms with van der Waals surface area (Å²) in [4.78, 5) is 12.9. The lowest BCUT2D eigenvalue weighted by atomic mass is 9.81. The van der Waals surface area contributed by atoms with E-state index >= 15 is 0 Å². The highest BCUT2D eigenvalue weighted by molar-refractivity contribution is 6.06. The van der Waals surface area contributed by atoms with Crippen LogP contribution < -0.4 is 0 Å². The Hall–Kier alpha value is -4.43. The topological polar surface area (TPSA) is 26.3 Å². The molecule has 168 valence electrons. The van der Waals surface area contributed by atoms with Gasteiger partial charge in [-0.1, -0.05) is 103 Å². The van der Waals surface area contributed by atoms with Gasteiger partial charge in [0.15, 0.2) is 0 Å². The van der Waals surface area contributed by atoms with Gasteiger partial charge < -0.3 is 4.74 Å². The second-order valence-electron chi connectivity index (χ2n) is 8.80. The molecule has 2 heteroatoms. The Morgan fingerprint density at radius 3 is 1.91 bits per heavy atom. The van der Waals surface area contributed by atoms with Crippen molar-refractivity contribution in [3.63, 3.8) is 0 Å². The standard InChI is InChI=1S/C33H24O2/c1-35-33(34)27-19-11-10-18-26(27)32-30-20-24-16-8-9-17-25(24)29(30)21-28(22-12-4-2-5-13-22)31(32)23-14-6-3-7-15-23/h2-19,21H,20H2,1H3. The van der Waals surface area contributed by atoms with E-state index in [4.69, 9.17) is 4.74 Å². The summed E-state index contributed by atoms with van der Waals surface area (Å²) >= 11 is 0. The van der Waals surface area contributed by atoms with Gasteiger partial charge in [-0.3, -0.25) is 0 Å². The number of carbonyl (C=O) groups excluding carboxylic acids is 1. The monoisotopic (exact) mass is 452 g/mol. The molecule has 0 aromatic heterocycles. The number of hydrogen-bond acceptors (Lipinski definition) is 2. The van der Waals surface area contributed by atoms with Crippen LogP contribution >= 0.6 is 0 Å². The maximum Gasteiger partial charge on any atom is 0.338 e. The van der Waals surface area contributed by atoms with Crippen LogP contribution in [0.3, 0.4) is 0 Å². The summed E-state index contributed by atoms with van der Waals surface area (Å²) in [5.74, 6) is -0.325. The molecule has 5 aromatic carbocycles. The Bertz CT molecular complexity index is 1550. The predicted octanol–water partition coefficient (Wildman–Crippen LogP) is 8.05. The summed E-state index contributed by atoms with van der Waals surface area (Å²) < 4.78 is 5.20. The second kappa shape index (κ2) is 8.73. The highest BCUT2D eigenvalue weighted by atomic mass is 16.5. The van der Waals surface area contributed by atoms with Gasteiger partial charge in [-0.05, 0) is 74.2 Å². The first kappa shape index (κ1) is 21.1. The van der Waals surface area contributed by atoms with Gasteiger partial charge in [0.05, 0.1) is 12.7 Å². The molecule has 5 aromatic rings. The van der Waals surface area contributed by atoms with Crippen molar-refractivity contribution in [3.05, 3.63) is 132 Å². The van der Waals surface area contributed by atoms with Crippen molar-refractivity contribution in [3.8, 4) is 44.5 Å². The summed E-state index contributed by atoms with van der Waals surface area (Å²) in [6, 6.07) is 39.7. The van der Waals surface area contributed by atoms with Crippen molar-refractivity contribution in [2.24, 2.45) is 0 Å². The molecule has 0 heterocycles. The molecule has 0 aliphatic heterocycles. The zero-order valence-corrected chi connectivity index (χ0v) is 19.5. The molecule has 0 saturated heterocycles. The van der Waals surface area contributed by atoms with Crippen molar-refractivity contribution in [2.45, 2.75) is 6.42 Å². The van der Waals surface area contributed by atoms with Gasteiger partial charge in [-0.15, -0.1) is 0 Å². The van der Waals surface area contributed by atoms with Crippen LogP contribution in [0.5, 0.6) is 0 Å². The molecule has 0 radical (unpaired) electrons. The summed E-state index contributed by atoms with van der Waals surface area (Å²) in [5.41, 5.74) is 12.2. The normalized spacial score (nSPS) is 11.6. The summed E-state index contributed by atoms with van der Waals surface area (Å²) in [6.45, 7) is 0. The van der Waals surface area contributed by atoms with Crippen molar-refractivity contribution in [1.29, 1.82) is 0 Å². The number of ether oxygens (including phenoxy) is 1. The van der Waals surface area contributed by atoms with Gasteiger partial charge in [0.25, 0.3) is 0 Å². The number of carbonyl (C=O) groups is 1. The molecule has 6 rings (SSSR count). The van der Waals surface area contributed by atoms with Gasteiger partial charge in [-0.25, -0.2) is 4.79 Å². The molecule has 0 fully saturated rings. The quantitative estimate of drug-likeness (QED) is 0.253. The first-order chi connectivity index (χ1) is 17.3. The van der Waals surface area contributed by atoms with E-state index in [1.54, 1.807) is 0 Å². The number of methoxy groups -OCH3 is 1. The fraction of sp³-hybridized carbons (Fsp3) is 0.0606. The number of hydrogen-bond donors (Lipinski definition) is 0. The fourth-order valence-electron chi connectivity index (χ4n) is 5.31. The number of fused-ring (bicyclic) bond motifs is 3. The Labute approximate surface area is 205 Å². The lowest BCUT2D eigenvalue weighted by Crippen LogP contribution is -2.05. The average molecular weight is 453 g/mol. The Balaban J connectivity index is 1.79. The molecular formula is C33H24O2. The molecule has 0 spiro atoms. The van der Waals surface area contributed by atoms with Crippen molar-refractivity contribution in [2.75, 3.05) is 7.11 Å². The van der Waals surface area contributed by atoms with E-state index in [9.17, 15) is 4.79 Å². The SMILES string of the molecule is COC(=O)c1ccccc1-c1c2c(cc(-c3ccccc3)c1-c1ccccc1)-c1ccccc1C2. The molecule has 2 nitrogen and oxygen atoms in total. The van der Waals surface area contributed by atoms with Crippen LogP contribution in [0.2, 0.25) is 0 Å². The van der Waals surface area contributed by atoms with Crippen LogP contribution in [0.25, 0.3) is 44.5 Å². The molecule has 0 saturated carbocycles. The van der Waals surface area contributed by atoms with Crippen LogP contribution in [-0.2, 0) is 11.2 Å².